The fraction of sp³-hybridized carbons (Fsp3) is 0.261. The molecule has 0 aliphatic carbocycles. The maximum Gasteiger partial charge on any atom is 0.335 e. The van der Waals surface area contributed by atoms with Gasteiger partial charge in [-0.25, -0.2) is 4.79 Å². The Morgan fingerprint density at radius 3 is 2.50 bits per heavy atom. The predicted octanol–water partition coefficient (Wildman–Crippen LogP) is 5.58. The van der Waals surface area contributed by atoms with Crippen LogP contribution in [-0.4, -0.2) is 15.6 Å². The van der Waals surface area contributed by atoms with Gasteiger partial charge in [0.1, 0.15) is 0 Å². The van der Waals surface area contributed by atoms with Gasteiger partial charge in [-0.1, -0.05) is 44.2 Å². The van der Waals surface area contributed by atoms with Gasteiger partial charge < -0.3 is 9.67 Å². The van der Waals surface area contributed by atoms with Crippen LogP contribution in [0.3, 0.4) is 0 Å². The number of hydrogen-bond donors (Lipinski definition) is 1. The maximum absolute atomic E-state index is 11.5. The number of carboxylic acid groups (broad SMARTS) is 1. The molecular formula is C23H23NO2. The number of rotatable bonds is 3. The Bertz CT molecular complexity index is 983. The summed E-state index contributed by atoms with van der Waals surface area (Å²) in [5.74, 6) is -0.108. The van der Waals surface area contributed by atoms with E-state index in [-0.39, 0.29) is 0 Å². The zero-order valence-electron chi connectivity index (χ0n) is 15.4. The van der Waals surface area contributed by atoms with E-state index in [1.54, 1.807) is 6.07 Å². The number of benzene rings is 2. The summed E-state index contributed by atoms with van der Waals surface area (Å²) >= 11 is 0. The molecule has 0 unspecified atom stereocenters. The van der Waals surface area contributed by atoms with Crippen molar-refractivity contribution >= 4 is 5.97 Å². The van der Waals surface area contributed by atoms with Crippen molar-refractivity contribution in [1.82, 2.24) is 4.57 Å². The number of aryl methyl sites for hydroxylation is 1. The first-order valence-electron chi connectivity index (χ1n) is 9.09. The van der Waals surface area contributed by atoms with Gasteiger partial charge in [0, 0.05) is 29.9 Å². The summed E-state index contributed by atoms with van der Waals surface area (Å²) in [7, 11) is 0. The molecule has 1 aromatic heterocycles. The number of hydrogen-bond acceptors (Lipinski definition) is 1. The number of carboxylic acids is 1. The highest BCUT2D eigenvalue weighted by molar-refractivity contribution is 5.90. The summed E-state index contributed by atoms with van der Waals surface area (Å²) in [6, 6.07) is 16.3. The first kappa shape index (κ1) is 16.6. The SMILES string of the molecule is Cc1cc(C(=O)O)cc2c1-c1cc(-c3ccccc3)cn1C[C@H]2C(C)C. The van der Waals surface area contributed by atoms with Crippen LogP contribution < -0.4 is 0 Å². The van der Waals surface area contributed by atoms with Crippen molar-refractivity contribution in [3.63, 3.8) is 0 Å². The predicted molar refractivity (Wildman–Crippen MR) is 105 cm³/mol. The third-order valence-corrected chi connectivity index (χ3v) is 5.47. The van der Waals surface area contributed by atoms with Gasteiger partial charge in [-0.2, -0.15) is 0 Å². The lowest BCUT2D eigenvalue weighted by molar-refractivity contribution is 0.0696. The Morgan fingerprint density at radius 2 is 1.85 bits per heavy atom. The zero-order valence-corrected chi connectivity index (χ0v) is 15.4. The number of nitrogens with zero attached hydrogens (tertiary/aromatic N) is 1. The molecule has 3 aromatic rings. The van der Waals surface area contributed by atoms with Gasteiger partial charge in [0.05, 0.1) is 5.56 Å². The van der Waals surface area contributed by atoms with E-state index in [4.69, 9.17) is 0 Å². The first-order valence-corrected chi connectivity index (χ1v) is 9.09. The van der Waals surface area contributed by atoms with Crippen molar-refractivity contribution in [3.8, 4) is 22.4 Å². The topological polar surface area (TPSA) is 42.2 Å². The average molecular weight is 345 g/mol. The average Bonchev–Trinajstić information content (AvgIpc) is 3.05. The molecule has 0 amide bonds. The quantitative estimate of drug-likeness (QED) is 0.673. The molecule has 2 heterocycles. The van der Waals surface area contributed by atoms with Crippen molar-refractivity contribution < 1.29 is 9.90 Å². The summed E-state index contributed by atoms with van der Waals surface area (Å²) < 4.78 is 2.34. The van der Waals surface area contributed by atoms with Crippen molar-refractivity contribution in [2.45, 2.75) is 33.2 Å². The third kappa shape index (κ3) is 2.64. The molecule has 0 spiro atoms. The lowest BCUT2D eigenvalue weighted by Crippen LogP contribution is -2.21. The molecule has 1 aliphatic rings. The van der Waals surface area contributed by atoms with E-state index < -0.39 is 5.97 Å². The molecule has 2 aromatic carbocycles. The second kappa shape index (κ2) is 6.17. The number of fused-ring (bicyclic) bond motifs is 3. The minimum absolute atomic E-state index is 0.312. The van der Waals surface area contributed by atoms with E-state index in [0.717, 1.165) is 12.1 Å². The molecule has 3 heteroatoms. The summed E-state index contributed by atoms with van der Waals surface area (Å²) in [6.45, 7) is 7.33. The lowest BCUT2D eigenvalue weighted by Gasteiger charge is -2.32. The summed E-state index contributed by atoms with van der Waals surface area (Å²) in [4.78, 5) is 11.5. The van der Waals surface area contributed by atoms with Crippen LogP contribution in [0, 0.1) is 12.8 Å². The molecule has 0 bridgehead atoms. The minimum atomic E-state index is -0.857. The normalized spacial score (nSPS) is 15.6. The first-order chi connectivity index (χ1) is 12.5. The van der Waals surface area contributed by atoms with Gasteiger partial charge in [0.25, 0.3) is 0 Å². The molecule has 4 rings (SSSR count). The van der Waals surface area contributed by atoms with E-state index >= 15 is 0 Å². The largest absolute Gasteiger partial charge is 0.478 e. The number of carbonyl (C=O) groups is 1. The molecule has 1 N–H and O–H groups in total. The highest BCUT2D eigenvalue weighted by Crippen LogP contribution is 2.44. The highest BCUT2D eigenvalue weighted by atomic mass is 16.4. The Balaban J connectivity index is 1.93. The molecule has 0 fully saturated rings. The van der Waals surface area contributed by atoms with Gasteiger partial charge in [-0.15, -0.1) is 0 Å². The van der Waals surface area contributed by atoms with Gasteiger partial charge in [0.2, 0.25) is 0 Å². The molecule has 1 aliphatic heterocycles. The lowest BCUT2D eigenvalue weighted by atomic mass is 9.80. The smallest absolute Gasteiger partial charge is 0.335 e. The van der Waals surface area contributed by atoms with Crippen molar-refractivity contribution in [2.24, 2.45) is 5.92 Å². The van der Waals surface area contributed by atoms with Crippen LogP contribution in [0.5, 0.6) is 0 Å². The van der Waals surface area contributed by atoms with Crippen LogP contribution in [0.15, 0.2) is 54.7 Å². The molecule has 132 valence electrons. The maximum atomic E-state index is 11.5. The fourth-order valence-corrected chi connectivity index (χ4v) is 4.12. The van der Waals surface area contributed by atoms with Crippen molar-refractivity contribution in [2.75, 3.05) is 0 Å². The van der Waals surface area contributed by atoms with Crippen LogP contribution in [0.2, 0.25) is 0 Å². The van der Waals surface area contributed by atoms with Crippen LogP contribution in [0.4, 0.5) is 0 Å². The number of aromatic nitrogens is 1. The molecule has 26 heavy (non-hydrogen) atoms. The van der Waals surface area contributed by atoms with E-state index in [1.807, 2.05) is 19.1 Å². The van der Waals surface area contributed by atoms with Crippen LogP contribution in [0.25, 0.3) is 22.4 Å². The van der Waals surface area contributed by atoms with Gasteiger partial charge in [0.15, 0.2) is 0 Å². The molecule has 1 atom stereocenters. The Kier molecular flexibility index (Phi) is 3.95. The molecular weight excluding hydrogens is 322 g/mol. The van der Waals surface area contributed by atoms with E-state index in [0.29, 0.717) is 17.4 Å². The molecule has 3 nitrogen and oxygen atoms in total. The second-order valence-electron chi connectivity index (χ2n) is 7.55. The Hall–Kier alpha value is -2.81. The minimum Gasteiger partial charge on any atom is -0.478 e. The Morgan fingerprint density at radius 1 is 1.12 bits per heavy atom. The molecule has 0 radical (unpaired) electrons. The molecule has 0 saturated heterocycles. The summed E-state index contributed by atoms with van der Waals surface area (Å²) in [5, 5.41) is 9.48. The number of aromatic carboxylic acids is 1. The van der Waals surface area contributed by atoms with Crippen molar-refractivity contribution in [1.29, 1.82) is 0 Å². The van der Waals surface area contributed by atoms with Crippen LogP contribution >= 0.6 is 0 Å². The van der Waals surface area contributed by atoms with E-state index in [2.05, 4.69) is 54.9 Å². The van der Waals surface area contributed by atoms with Gasteiger partial charge >= 0.3 is 5.97 Å². The Labute approximate surface area is 153 Å². The van der Waals surface area contributed by atoms with Gasteiger partial charge in [-0.05, 0) is 53.3 Å². The fourth-order valence-electron chi connectivity index (χ4n) is 4.12. The van der Waals surface area contributed by atoms with E-state index in [1.165, 1.54) is 27.9 Å². The van der Waals surface area contributed by atoms with Gasteiger partial charge in [-0.3, -0.25) is 0 Å². The van der Waals surface area contributed by atoms with E-state index in [9.17, 15) is 9.90 Å². The summed E-state index contributed by atoms with van der Waals surface area (Å²) in [5.41, 5.74) is 7.38. The van der Waals surface area contributed by atoms with Crippen LogP contribution in [-0.2, 0) is 6.54 Å². The van der Waals surface area contributed by atoms with Crippen molar-refractivity contribution in [3.05, 3.63) is 71.4 Å². The monoisotopic (exact) mass is 345 g/mol. The summed E-state index contributed by atoms with van der Waals surface area (Å²) in [6.07, 6.45) is 2.23. The standard InChI is InChI=1S/C23H23NO2/c1-14(2)20-13-24-12-18(16-7-5-4-6-8-16)11-21(24)22-15(3)9-17(23(25)26)10-19(20)22/h4-12,14,20H,13H2,1-3H3,(H,25,26)/t20-/m0/s1. The third-order valence-electron chi connectivity index (χ3n) is 5.47. The zero-order chi connectivity index (χ0) is 18.4. The highest BCUT2D eigenvalue weighted by Gasteiger charge is 2.29. The second-order valence-corrected chi connectivity index (χ2v) is 7.55. The van der Waals surface area contributed by atoms with Crippen LogP contribution in [0.1, 0.15) is 41.3 Å². The molecule has 0 saturated carbocycles.